The zero-order valence-corrected chi connectivity index (χ0v) is 19.0. The van der Waals surface area contributed by atoms with Gasteiger partial charge in [0.25, 0.3) is 11.8 Å². The van der Waals surface area contributed by atoms with Gasteiger partial charge in [0.2, 0.25) is 0 Å². The van der Waals surface area contributed by atoms with Gasteiger partial charge in [-0.1, -0.05) is 11.3 Å². The lowest BCUT2D eigenvalue weighted by Gasteiger charge is -2.39. The molecule has 2 aromatic rings. The molecule has 0 aliphatic carbocycles. The van der Waals surface area contributed by atoms with Gasteiger partial charge in [0.05, 0.1) is 23.6 Å². The molecule has 3 heterocycles. The number of ether oxygens (including phenoxy) is 3. The van der Waals surface area contributed by atoms with Gasteiger partial charge in [-0.25, -0.2) is 4.79 Å². The minimum absolute atomic E-state index is 0.0431. The lowest BCUT2D eigenvalue weighted by Crippen LogP contribution is -2.69. The SMILES string of the molecule is Cc1cc(NC(=O)C2(NC(=O)Oc3ccc(Br)s3)COC2)ccc1N1CCOCC1=O. The molecule has 4 rings (SSSR count). The Kier molecular flexibility index (Phi) is 6.28. The van der Waals surface area contributed by atoms with Gasteiger partial charge in [-0.15, -0.1) is 0 Å². The first-order chi connectivity index (χ1) is 14.9. The first-order valence-corrected chi connectivity index (χ1v) is 11.1. The predicted octanol–water partition coefficient (Wildman–Crippen LogP) is 2.68. The molecular formula is C20H20BrN3O6S. The molecule has 31 heavy (non-hydrogen) atoms. The van der Waals surface area contributed by atoms with E-state index in [1.165, 1.54) is 11.3 Å². The van der Waals surface area contributed by atoms with Crippen LogP contribution in [0.4, 0.5) is 16.2 Å². The molecule has 2 aliphatic rings. The number of halogens is 1. The normalized spacial score (nSPS) is 17.6. The minimum atomic E-state index is -1.21. The lowest BCUT2D eigenvalue weighted by atomic mass is 9.96. The van der Waals surface area contributed by atoms with Gasteiger partial charge in [-0.3, -0.25) is 9.59 Å². The van der Waals surface area contributed by atoms with Crippen LogP contribution in [-0.2, 0) is 19.1 Å². The van der Waals surface area contributed by atoms with Crippen molar-refractivity contribution in [1.29, 1.82) is 0 Å². The molecule has 0 unspecified atom stereocenters. The Morgan fingerprint density at radius 1 is 1.23 bits per heavy atom. The van der Waals surface area contributed by atoms with E-state index < -0.39 is 17.5 Å². The number of nitrogens with one attached hydrogen (secondary N) is 2. The maximum absolute atomic E-state index is 12.9. The van der Waals surface area contributed by atoms with Crippen LogP contribution in [0.1, 0.15) is 5.56 Å². The van der Waals surface area contributed by atoms with E-state index in [0.717, 1.165) is 15.0 Å². The molecule has 164 valence electrons. The number of carbonyl (C=O) groups is 3. The van der Waals surface area contributed by atoms with Crippen molar-refractivity contribution in [3.05, 3.63) is 39.7 Å². The van der Waals surface area contributed by atoms with Crippen molar-refractivity contribution in [3.63, 3.8) is 0 Å². The Morgan fingerprint density at radius 2 is 2.03 bits per heavy atom. The van der Waals surface area contributed by atoms with Crippen molar-refractivity contribution < 1.29 is 28.6 Å². The molecule has 0 bridgehead atoms. The van der Waals surface area contributed by atoms with Crippen LogP contribution in [0.3, 0.4) is 0 Å². The smallest absolute Gasteiger partial charge is 0.399 e. The molecule has 2 saturated heterocycles. The van der Waals surface area contributed by atoms with E-state index >= 15 is 0 Å². The number of carbonyl (C=O) groups excluding carboxylic acids is 3. The van der Waals surface area contributed by atoms with Crippen LogP contribution in [0.5, 0.6) is 5.06 Å². The van der Waals surface area contributed by atoms with E-state index in [1.807, 2.05) is 6.92 Å². The van der Waals surface area contributed by atoms with Crippen LogP contribution in [0.15, 0.2) is 34.1 Å². The molecule has 1 aromatic carbocycles. The number of anilines is 2. The summed E-state index contributed by atoms with van der Waals surface area (Å²) in [6.45, 7) is 2.98. The third kappa shape index (κ3) is 4.74. The molecule has 0 spiro atoms. The molecular weight excluding hydrogens is 490 g/mol. The highest BCUT2D eigenvalue weighted by Crippen LogP contribution is 2.30. The number of rotatable bonds is 5. The van der Waals surface area contributed by atoms with Crippen molar-refractivity contribution in [2.75, 3.05) is 43.2 Å². The highest BCUT2D eigenvalue weighted by Gasteiger charge is 2.48. The average molecular weight is 510 g/mol. The Labute approximate surface area is 190 Å². The second-order valence-electron chi connectivity index (χ2n) is 7.20. The van der Waals surface area contributed by atoms with Crippen LogP contribution in [-0.4, -0.2) is 56.4 Å². The van der Waals surface area contributed by atoms with Gasteiger partial charge >= 0.3 is 6.09 Å². The fourth-order valence-electron chi connectivity index (χ4n) is 3.29. The summed E-state index contributed by atoms with van der Waals surface area (Å²) in [5.74, 6) is -0.505. The molecule has 11 heteroatoms. The maximum atomic E-state index is 12.9. The van der Waals surface area contributed by atoms with Crippen LogP contribution in [0.25, 0.3) is 0 Å². The Bertz CT molecular complexity index is 1020. The van der Waals surface area contributed by atoms with Crippen molar-refractivity contribution >= 4 is 56.5 Å². The van der Waals surface area contributed by atoms with E-state index in [-0.39, 0.29) is 25.7 Å². The predicted molar refractivity (Wildman–Crippen MR) is 118 cm³/mol. The summed E-state index contributed by atoms with van der Waals surface area (Å²) in [4.78, 5) is 38.9. The number of aryl methyl sites for hydroxylation is 1. The molecule has 0 saturated carbocycles. The van der Waals surface area contributed by atoms with E-state index in [0.29, 0.717) is 23.9 Å². The van der Waals surface area contributed by atoms with Crippen molar-refractivity contribution in [2.45, 2.75) is 12.5 Å². The molecule has 0 radical (unpaired) electrons. The first-order valence-electron chi connectivity index (χ1n) is 9.50. The molecule has 2 aliphatic heterocycles. The molecule has 1 aromatic heterocycles. The van der Waals surface area contributed by atoms with Crippen molar-refractivity contribution in [3.8, 4) is 5.06 Å². The minimum Gasteiger partial charge on any atom is -0.399 e. The molecule has 0 atom stereocenters. The quantitative estimate of drug-likeness (QED) is 0.641. The van der Waals surface area contributed by atoms with Gasteiger partial charge in [0.15, 0.2) is 10.6 Å². The number of benzene rings is 1. The standard InChI is InChI=1S/C20H20BrN3O6S/c1-12-8-13(2-3-14(12)24-6-7-28-9-16(24)25)22-18(26)20(10-29-11-20)23-19(27)30-17-5-4-15(21)31-17/h2-5,8H,6-7,9-11H2,1H3,(H,22,26)(H,23,27). The van der Waals surface area contributed by atoms with E-state index in [2.05, 4.69) is 26.6 Å². The van der Waals surface area contributed by atoms with Gasteiger partial charge in [-0.2, -0.15) is 0 Å². The highest BCUT2D eigenvalue weighted by molar-refractivity contribution is 9.11. The third-order valence-corrected chi connectivity index (χ3v) is 6.45. The van der Waals surface area contributed by atoms with Crippen LogP contribution < -0.4 is 20.3 Å². The van der Waals surface area contributed by atoms with Gasteiger partial charge < -0.3 is 29.7 Å². The average Bonchev–Trinajstić information content (AvgIpc) is 3.10. The van der Waals surface area contributed by atoms with Crippen LogP contribution in [0, 0.1) is 6.92 Å². The van der Waals surface area contributed by atoms with Crippen LogP contribution >= 0.6 is 27.3 Å². The third-order valence-electron chi connectivity index (χ3n) is 4.95. The van der Waals surface area contributed by atoms with E-state index in [1.54, 1.807) is 35.2 Å². The van der Waals surface area contributed by atoms with E-state index in [4.69, 9.17) is 14.2 Å². The Hall–Kier alpha value is -2.47. The largest absolute Gasteiger partial charge is 0.414 e. The van der Waals surface area contributed by atoms with Gasteiger partial charge in [0.1, 0.15) is 6.61 Å². The fraction of sp³-hybridized carbons (Fsp3) is 0.350. The molecule has 3 amide bonds. The summed E-state index contributed by atoms with van der Waals surface area (Å²) in [5.41, 5.74) is 0.952. The first kappa shape index (κ1) is 21.8. The number of morpholine rings is 1. The second kappa shape index (κ2) is 8.95. The summed E-state index contributed by atoms with van der Waals surface area (Å²) in [7, 11) is 0. The summed E-state index contributed by atoms with van der Waals surface area (Å²) >= 11 is 4.56. The number of amides is 3. The summed E-state index contributed by atoms with van der Waals surface area (Å²) in [6.07, 6.45) is -0.731. The summed E-state index contributed by atoms with van der Waals surface area (Å²) < 4.78 is 16.4. The summed E-state index contributed by atoms with van der Waals surface area (Å²) in [5, 5.41) is 5.84. The van der Waals surface area contributed by atoms with E-state index in [9.17, 15) is 14.4 Å². The maximum Gasteiger partial charge on any atom is 0.414 e. The second-order valence-corrected chi connectivity index (χ2v) is 9.63. The number of thiophene rings is 1. The zero-order chi connectivity index (χ0) is 22.0. The number of hydrogen-bond donors (Lipinski definition) is 2. The number of hydrogen-bond acceptors (Lipinski definition) is 7. The molecule has 2 N–H and O–H groups in total. The monoisotopic (exact) mass is 509 g/mol. The fourth-order valence-corrected chi connectivity index (χ4v) is 4.48. The van der Waals surface area contributed by atoms with Gasteiger partial charge in [-0.05, 0) is 58.7 Å². The Morgan fingerprint density at radius 3 is 2.65 bits per heavy atom. The van der Waals surface area contributed by atoms with Crippen LogP contribution in [0.2, 0.25) is 0 Å². The topological polar surface area (TPSA) is 106 Å². The molecule has 9 nitrogen and oxygen atoms in total. The zero-order valence-electron chi connectivity index (χ0n) is 16.6. The Balaban J connectivity index is 1.42. The van der Waals surface area contributed by atoms with Crippen molar-refractivity contribution in [2.24, 2.45) is 0 Å². The van der Waals surface area contributed by atoms with Gasteiger partial charge in [0, 0.05) is 17.9 Å². The lowest BCUT2D eigenvalue weighted by molar-refractivity contribution is -0.141. The van der Waals surface area contributed by atoms with Crippen molar-refractivity contribution in [1.82, 2.24) is 5.32 Å². The number of nitrogens with zero attached hydrogens (tertiary/aromatic N) is 1. The molecule has 2 fully saturated rings. The highest BCUT2D eigenvalue weighted by atomic mass is 79.9. The summed E-state index contributed by atoms with van der Waals surface area (Å²) in [6, 6.07) is 8.71.